The molecule has 8 aliphatic carbocycles. The first kappa shape index (κ1) is 29.6. The largest absolute Gasteiger partial charge is 0.240 e. The Bertz CT molecular complexity index is 1440. The van der Waals surface area contributed by atoms with Crippen LogP contribution in [0.25, 0.3) is 0 Å². The van der Waals surface area contributed by atoms with Crippen LogP contribution in [-0.2, 0) is 20.0 Å². The smallest absolute Gasteiger partial charge is 0.207 e. The summed E-state index contributed by atoms with van der Waals surface area (Å²) < 4.78 is 64.1. The molecule has 2 aromatic rings. The molecule has 0 amide bonds. The molecule has 2 atom stereocenters. The molecule has 0 saturated heterocycles. The number of hydrogen-bond acceptors (Lipinski definition) is 4. The molecular weight excluding hydrogens is 589 g/mol. The van der Waals surface area contributed by atoms with Crippen LogP contribution in [0.5, 0.6) is 0 Å². The topological polar surface area (TPSA) is 92.3 Å². The fraction of sp³-hybridized carbons (Fsp3) is 0.667. The van der Waals surface area contributed by atoms with Crippen molar-refractivity contribution in [2.24, 2.45) is 46.3 Å². The molecule has 238 valence electrons. The highest BCUT2D eigenvalue weighted by Crippen LogP contribution is 2.66. The van der Waals surface area contributed by atoms with Gasteiger partial charge in [0.15, 0.2) is 0 Å². The minimum absolute atomic E-state index is 0.240. The molecule has 0 aromatic heterocycles. The predicted molar refractivity (Wildman–Crippen MR) is 172 cm³/mol. The Labute approximate surface area is 264 Å². The van der Waals surface area contributed by atoms with Gasteiger partial charge in [-0.25, -0.2) is 26.3 Å². The molecule has 2 aromatic carbocycles. The van der Waals surface area contributed by atoms with Crippen molar-refractivity contribution in [1.29, 1.82) is 0 Å². The Hall–Kier alpha value is -1.74. The number of hydrogen-bond donors (Lipinski definition) is 2. The van der Waals surface area contributed by atoms with Crippen LogP contribution < -0.4 is 9.44 Å². The molecule has 10 rings (SSSR count). The van der Waals surface area contributed by atoms with Crippen LogP contribution in [0.2, 0.25) is 0 Å². The average Bonchev–Trinajstić information content (AvgIpc) is 2.94. The summed E-state index contributed by atoms with van der Waals surface area (Å²) in [6, 6.07) is 13.2. The van der Waals surface area contributed by atoms with Gasteiger partial charge in [0.05, 0.1) is 9.79 Å². The third kappa shape index (κ3) is 5.10. The monoisotopic (exact) mass is 636 g/mol. The molecule has 6 nitrogen and oxygen atoms in total. The SMILES string of the molecule is Cc1ccc(S(=O)(=O)N[C@@H]([C@H](NS(=O)(=O)c2ccc(C)cc2)C23CC4CC(CC(C4)C2)C3)C23CC4CC(CC(C4)C2)C3)cc1. The lowest BCUT2D eigenvalue weighted by atomic mass is 9.43. The van der Waals surface area contributed by atoms with Gasteiger partial charge in [0, 0.05) is 12.1 Å². The highest BCUT2D eigenvalue weighted by atomic mass is 32.2. The van der Waals surface area contributed by atoms with E-state index in [2.05, 4.69) is 9.44 Å². The molecule has 8 heteroatoms. The molecule has 8 fully saturated rings. The fourth-order valence-electron chi connectivity index (χ4n) is 12.1. The Balaban J connectivity index is 1.27. The second-order valence-electron chi connectivity index (χ2n) is 16.4. The van der Waals surface area contributed by atoms with Crippen LogP contribution >= 0.6 is 0 Å². The van der Waals surface area contributed by atoms with Crippen LogP contribution in [0.3, 0.4) is 0 Å². The van der Waals surface area contributed by atoms with E-state index in [-0.39, 0.29) is 20.6 Å². The number of aryl methyl sites for hydroxylation is 2. The Kier molecular flexibility index (Phi) is 7.00. The minimum Gasteiger partial charge on any atom is -0.207 e. The molecule has 2 N–H and O–H groups in total. The van der Waals surface area contributed by atoms with E-state index in [0.717, 1.165) is 49.7 Å². The van der Waals surface area contributed by atoms with E-state index in [1.54, 1.807) is 24.3 Å². The standard InChI is InChI=1S/C36H48N2O4S2/c1-23-3-7-31(8-4-23)43(39,40)37-33(35-17-25-11-26(18-35)13-27(12-25)19-35)34(38-44(41,42)32-9-5-24(2)6-10-32)36-20-28-14-29(21-36)16-30(15-28)22-36/h3-10,25-30,33-34,37-38H,11-22H2,1-2H3/t25?,26?,27?,28?,29?,30?,33-,34-,35?,36?/m0/s1. The quantitative estimate of drug-likeness (QED) is 0.319. The third-order valence-electron chi connectivity index (χ3n) is 13.1. The molecule has 0 unspecified atom stereocenters. The molecule has 0 aliphatic heterocycles. The van der Waals surface area contributed by atoms with Crippen molar-refractivity contribution in [1.82, 2.24) is 9.44 Å². The van der Waals surface area contributed by atoms with Crippen LogP contribution in [0.1, 0.15) is 88.2 Å². The Morgan fingerprint density at radius 1 is 0.500 bits per heavy atom. The van der Waals surface area contributed by atoms with Crippen molar-refractivity contribution in [3.05, 3.63) is 59.7 Å². The molecular formula is C36H48N2O4S2. The zero-order chi connectivity index (χ0) is 30.5. The van der Waals surface area contributed by atoms with E-state index < -0.39 is 32.1 Å². The lowest BCUT2D eigenvalue weighted by Crippen LogP contribution is -2.70. The van der Waals surface area contributed by atoms with Crippen molar-refractivity contribution in [3.63, 3.8) is 0 Å². The van der Waals surface area contributed by atoms with Gasteiger partial charge in [-0.1, -0.05) is 35.4 Å². The third-order valence-corrected chi connectivity index (χ3v) is 16.0. The molecule has 8 saturated carbocycles. The van der Waals surface area contributed by atoms with Gasteiger partial charge in [0.25, 0.3) is 0 Å². The predicted octanol–water partition coefficient (Wildman–Crippen LogP) is 6.73. The van der Waals surface area contributed by atoms with E-state index in [9.17, 15) is 16.8 Å². The van der Waals surface area contributed by atoms with Crippen molar-refractivity contribution in [2.75, 3.05) is 0 Å². The summed E-state index contributed by atoms with van der Waals surface area (Å²) in [4.78, 5) is 0.534. The van der Waals surface area contributed by atoms with Gasteiger partial charge >= 0.3 is 0 Å². The molecule has 0 heterocycles. The van der Waals surface area contributed by atoms with E-state index in [1.165, 1.54) is 38.5 Å². The number of rotatable bonds is 9. The van der Waals surface area contributed by atoms with Gasteiger partial charge in [-0.2, -0.15) is 0 Å². The van der Waals surface area contributed by atoms with Gasteiger partial charge in [0.1, 0.15) is 0 Å². The van der Waals surface area contributed by atoms with Gasteiger partial charge < -0.3 is 0 Å². The lowest BCUT2D eigenvalue weighted by Gasteiger charge is -2.65. The van der Waals surface area contributed by atoms with Gasteiger partial charge in [-0.15, -0.1) is 0 Å². The summed E-state index contributed by atoms with van der Waals surface area (Å²) >= 11 is 0. The lowest BCUT2D eigenvalue weighted by molar-refractivity contribution is -0.116. The summed E-state index contributed by atoms with van der Waals surface area (Å²) in [5.74, 6) is 3.66. The van der Waals surface area contributed by atoms with E-state index in [1.807, 2.05) is 38.1 Å². The zero-order valence-electron chi connectivity index (χ0n) is 26.2. The minimum atomic E-state index is -3.90. The van der Waals surface area contributed by atoms with Crippen molar-refractivity contribution >= 4 is 20.0 Å². The molecule has 0 spiro atoms. The van der Waals surface area contributed by atoms with Gasteiger partial charge in [0.2, 0.25) is 20.0 Å². The summed E-state index contributed by atoms with van der Waals surface area (Å²) in [7, 11) is -7.79. The number of benzene rings is 2. The molecule has 44 heavy (non-hydrogen) atoms. The van der Waals surface area contributed by atoms with E-state index >= 15 is 0 Å². The van der Waals surface area contributed by atoms with Crippen molar-refractivity contribution < 1.29 is 16.8 Å². The number of sulfonamides is 2. The number of nitrogens with one attached hydrogen (secondary N) is 2. The van der Waals surface area contributed by atoms with Crippen LogP contribution in [-0.4, -0.2) is 28.9 Å². The normalized spacial score (nSPS) is 38.6. The van der Waals surface area contributed by atoms with Crippen LogP contribution in [0.15, 0.2) is 58.3 Å². The maximum absolute atomic E-state index is 14.4. The maximum Gasteiger partial charge on any atom is 0.240 e. The first-order chi connectivity index (χ1) is 20.9. The molecule has 8 bridgehead atoms. The average molecular weight is 637 g/mol. The summed E-state index contributed by atoms with van der Waals surface area (Å²) in [6.07, 6.45) is 13.4. The first-order valence-electron chi connectivity index (χ1n) is 17.1. The Morgan fingerprint density at radius 3 is 1.00 bits per heavy atom. The van der Waals surface area contributed by atoms with E-state index in [0.29, 0.717) is 35.5 Å². The second kappa shape index (κ2) is 10.4. The zero-order valence-corrected chi connectivity index (χ0v) is 27.8. The van der Waals surface area contributed by atoms with Crippen LogP contribution in [0.4, 0.5) is 0 Å². The highest BCUT2D eigenvalue weighted by molar-refractivity contribution is 7.90. The maximum atomic E-state index is 14.4. The second-order valence-corrected chi connectivity index (χ2v) is 19.8. The van der Waals surface area contributed by atoms with Crippen molar-refractivity contribution in [2.45, 2.75) is 113 Å². The Morgan fingerprint density at radius 2 is 0.750 bits per heavy atom. The van der Waals surface area contributed by atoms with Gasteiger partial charge in [-0.05, 0) is 162 Å². The van der Waals surface area contributed by atoms with Gasteiger partial charge in [-0.3, -0.25) is 0 Å². The van der Waals surface area contributed by atoms with Crippen LogP contribution in [0, 0.1) is 60.2 Å². The van der Waals surface area contributed by atoms with Crippen molar-refractivity contribution in [3.8, 4) is 0 Å². The molecule has 0 radical (unpaired) electrons. The summed E-state index contributed by atoms with van der Waals surface area (Å²) in [5.41, 5.74) is 1.55. The van der Waals surface area contributed by atoms with E-state index in [4.69, 9.17) is 0 Å². The fourth-order valence-corrected chi connectivity index (χ4v) is 14.8. The summed E-state index contributed by atoms with van der Waals surface area (Å²) in [6.45, 7) is 3.93. The first-order valence-corrected chi connectivity index (χ1v) is 20.1. The molecule has 8 aliphatic rings. The summed E-state index contributed by atoms with van der Waals surface area (Å²) in [5, 5.41) is 0. The highest BCUT2D eigenvalue weighted by Gasteiger charge is 2.63.